The highest BCUT2D eigenvalue weighted by Crippen LogP contribution is 2.22. The molecule has 0 spiro atoms. The zero-order valence-electron chi connectivity index (χ0n) is 9.46. The first-order valence-corrected chi connectivity index (χ1v) is 6.48. The van der Waals surface area contributed by atoms with Gasteiger partial charge in [-0.25, -0.2) is 9.97 Å². The third-order valence-corrected chi connectivity index (χ3v) is 3.21. The smallest absolute Gasteiger partial charge is 0.271 e. The molecule has 6 nitrogen and oxygen atoms in total. The first-order valence-electron chi connectivity index (χ1n) is 5.61. The molecule has 92 valence electrons. The van der Waals surface area contributed by atoms with E-state index >= 15 is 0 Å². The number of amides is 1. The lowest BCUT2D eigenvalue weighted by Crippen LogP contribution is -2.25. The van der Waals surface area contributed by atoms with Gasteiger partial charge in [-0.1, -0.05) is 0 Å². The highest BCUT2D eigenvalue weighted by Gasteiger charge is 2.24. The summed E-state index contributed by atoms with van der Waals surface area (Å²) < 4.78 is 0. The van der Waals surface area contributed by atoms with Crippen molar-refractivity contribution in [3.8, 4) is 0 Å². The van der Waals surface area contributed by atoms with E-state index in [9.17, 15) is 4.79 Å². The van der Waals surface area contributed by atoms with Gasteiger partial charge in [0.2, 0.25) is 0 Å². The molecule has 1 fully saturated rings. The van der Waals surface area contributed by atoms with Crippen LogP contribution in [0.4, 0.5) is 10.9 Å². The van der Waals surface area contributed by atoms with Gasteiger partial charge in [-0.2, -0.15) is 0 Å². The topological polar surface area (TPSA) is 79.8 Å². The molecule has 2 aromatic heterocycles. The van der Waals surface area contributed by atoms with Crippen molar-refractivity contribution in [3.05, 3.63) is 29.7 Å². The summed E-state index contributed by atoms with van der Waals surface area (Å²) in [5, 5.41) is 8.27. The molecule has 2 N–H and O–H groups in total. The van der Waals surface area contributed by atoms with E-state index in [0.29, 0.717) is 22.7 Å². The molecule has 0 atom stereocenters. The molecular weight excluding hydrogens is 250 g/mol. The van der Waals surface area contributed by atoms with Crippen molar-refractivity contribution >= 4 is 28.2 Å². The number of hydrogen-bond acceptors (Lipinski definition) is 6. The maximum Gasteiger partial charge on any atom is 0.271 e. The number of aromatic nitrogens is 3. The van der Waals surface area contributed by atoms with Crippen LogP contribution in [0.1, 0.15) is 23.3 Å². The largest absolute Gasteiger partial charge is 0.348 e. The SMILES string of the molecule is O=C(NC1CC1)c1csc(Nc2cnccn2)n1. The van der Waals surface area contributed by atoms with Crippen molar-refractivity contribution in [1.82, 2.24) is 20.3 Å². The number of nitrogens with one attached hydrogen (secondary N) is 2. The van der Waals surface area contributed by atoms with Crippen LogP contribution in [0, 0.1) is 0 Å². The first kappa shape index (κ1) is 11.1. The van der Waals surface area contributed by atoms with Gasteiger partial charge >= 0.3 is 0 Å². The Morgan fingerprint density at radius 3 is 3.00 bits per heavy atom. The second-order valence-corrected chi connectivity index (χ2v) is 4.86. The molecule has 1 aliphatic carbocycles. The van der Waals surface area contributed by atoms with Gasteiger partial charge in [0.25, 0.3) is 5.91 Å². The summed E-state index contributed by atoms with van der Waals surface area (Å²) in [6.07, 6.45) is 6.94. The predicted octanol–water partition coefficient (Wildman–Crippen LogP) is 1.57. The van der Waals surface area contributed by atoms with Gasteiger partial charge in [-0.05, 0) is 12.8 Å². The fourth-order valence-electron chi connectivity index (χ4n) is 1.40. The Bertz CT molecular complexity index is 552. The molecule has 1 aliphatic rings. The minimum Gasteiger partial charge on any atom is -0.348 e. The van der Waals surface area contributed by atoms with E-state index in [1.54, 1.807) is 24.0 Å². The highest BCUT2D eigenvalue weighted by atomic mass is 32.1. The molecule has 0 bridgehead atoms. The summed E-state index contributed by atoms with van der Waals surface area (Å²) in [7, 11) is 0. The first-order chi connectivity index (χ1) is 8.81. The number of nitrogens with zero attached hydrogens (tertiary/aromatic N) is 3. The van der Waals surface area contributed by atoms with Crippen molar-refractivity contribution in [2.75, 3.05) is 5.32 Å². The average Bonchev–Trinajstić information content (AvgIpc) is 3.07. The molecule has 0 aromatic carbocycles. The van der Waals surface area contributed by atoms with Gasteiger partial charge in [-0.3, -0.25) is 9.78 Å². The van der Waals surface area contributed by atoms with E-state index in [0.717, 1.165) is 12.8 Å². The van der Waals surface area contributed by atoms with Gasteiger partial charge < -0.3 is 10.6 Å². The average molecular weight is 261 g/mol. The predicted molar refractivity (Wildman–Crippen MR) is 67.9 cm³/mol. The molecular formula is C11H11N5OS. The van der Waals surface area contributed by atoms with Crippen molar-refractivity contribution in [2.24, 2.45) is 0 Å². The molecule has 1 amide bonds. The van der Waals surface area contributed by atoms with Gasteiger partial charge in [0.05, 0.1) is 6.20 Å². The number of carbonyl (C=O) groups is 1. The number of rotatable bonds is 4. The zero-order valence-corrected chi connectivity index (χ0v) is 10.3. The third kappa shape index (κ3) is 2.62. The maximum atomic E-state index is 11.7. The van der Waals surface area contributed by atoms with Crippen molar-refractivity contribution in [2.45, 2.75) is 18.9 Å². The van der Waals surface area contributed by atoms with Crippen LogP contribution in [-0.4, -0.2) is 26.9 Å². The van der Waals surface area contributed by atoms with Gasteiger partial charge in [0, 0.05) is 23.8 Å². The number of anilines is 2. The van der Waals surface area contributed by atoms with E-state index < -0.39 is 0 Å². The molecule has 3 rings (SSSR count). The second-order valence-electron chi connectivity index (χ2n) is 4.00. The Morgan fingerprint density at radius 1 is 1.39 bits per heavy atom. The molecule has 18 heavy (non-hydrogen) atoms. The van der Waals surface area contributed by atoms with Crippen LogP contribution in [0.2, 0.25) is 0 Å². The standard InChI is InChI=1S/C11H11N5OS/c17-10(14-7-1-2-7)8-6-18-11(15-8)16-9-5-12-3-4-13-9/h3-7H,1-2H2,(H,14,17)(H,13,15,16). The quantitative estimate of drug-likeness (QED) is 0.873. The third-order valence-electron chi connectivity index (χ3n) is 2.45. The number of thiazole rings is 1. The summed E-state index contributed by atoms with van der Waals surface area (Å²) in [4.78, 5) is 24.0. The Kier molecular flexibility index (Phi) is 2.89. The Hall–Kier alpha value is -2.02. The molecule has 7 heteroatoms. The van der Waals surface area contributed by atoms with Crippen LogP contribution < -0.4 is 10.6 Å². The number of carbonyl (C=O) groups excluding carboxylic acids is 1. The van der Waals surface area contributed by atoms with E-state index in [1.807, 2.05) is 0 Å². The fourth-order valence-corrected chi connectivity index (χ4v) is 2.09. The Balaban J connectivity index is 1.67. The fraction of sp³-hybridized carbons (Fsp3) is 0.273. The zero-order chi connectivity index (χ0) is 12.4. The van der Waals surface area contributed by atoms with Gasteiger partial charge in [0.1, 0.15) is 5.69 Å². The minimum atomic E-state index is -0.110. The summed E-state index contributed by atoms with van der Waals surface area (Å²) in [5.74, 6) is 0.502. The number of hydrogen-bond donors (Lipinski definition) is 2. The van der Waals surface area contributed by atoms with Crippen molar-refractivity contribution in [1.29, 1.82) is 0 Å². The van der Waals surface area contributed by atoms with E-state index in [1.165, 1.54) is 11.3 Å². The molecule has 0 aliphatic heterocycles. The van der Waals surface area contributed by atoms with Crippen LogP contribution in [-0.2, 0) is 0 Å². The van der Waals surface area contributed by atoms with E-state index in [4.69, 9.17) is 0 Å². The van der Waals surface area contributed by atoms with E-state index in [2.05, 4.69) is 25.6 Å². The molecule has 1 saturated carbocycles. The Labute approximate surface area is 108 Å². The lowest BCUT2D eigenvalue weighted by Gasteiger charge is -2.00. The maximum absolute atomic E-state index is 11.7. The molecule has 0 radical (unpaired) electrons. The minimum absolute atomic E-state index is 0.110. The summed E-state index contributed by atoms with van der Waals surface area (Å²) in [6, 6.07) is 0.343. The van der Waals surface area contributed by atoms with Crippen LogP contribution in [0.3, 0.4) is 0 Å². The second kappa shape index (κ2) is 4.69. The van der Waals surface area contributed by atoms with Crippen LogP contribution >= 0.6 is 11.3 Å². The van der Waals surface area contributed by atoms with Crippen molar-refractivity contribution < 1.29 is 4.79 Å². The van der Waals surface area contributed by atoms with Crippen molar-refractivity contribution in [3.63, 3.8) is 0 Å². The molecule has 0 saturated heterocycles. The van der Waals surface area contributed by atoms with Crippen LogP contribution in [0.15, 0.2) is 24.0 Å². The summed E-state index contributed by atoms with van der Waals surface area (Å²) >= 11 is 1.37. The summed E-state index contributed by atoms with van der Waals surface area (Å²) in [6.45, 7) is 0. The lowest BCUT2D eigenvalue weighted by molar-refractivity contribution is 0.0947. The highest BCUT2D eigenvalue weighted by molar-refractivity contribution is 7.14. The Morgan fingerprint density at radius 2 is 2.28 bits per heavy atom. The monoisotopic (exact) mass is 261 g/mol. The van der Waals surface area contributed by atoms with Crippen LogP contribution in [0.5, 0.6) is 0 Å². The molecule has 2 aromatic rings. The molecule has 2 heterocycles. The lowest BCUT2D eigenvalue weighted by atomic mass is 10.4. The van der Waals surface area contributed by atoms with Gasteiger partial charge in [-0.15, -0.1) is 11.3 Å². The molecule has 0 unspecified atom stereocenters. The normalized spacial score (nSPS) is 14.2. The van der Waals surface area contributed by atoms with E-state index in [-0.39, 0.29) is 5.91 Å². The van der Waals surface area contributed by atoms with Gasteiger partial charge in [0.15, 0.2) is 10.9 Å². The summed E-state index contributed by atoms with van der Waals surface area (Å²) in [5.41, 5.74) is 0.443. The van der Waals surface area contributed by atoms with Crippen LogP contribution in [0.25, 0.3) is 0 Å².